The van der Waals surface area contributed by atoms with Gasteiger partial charge in [0.1, 0.15) is 0 Å². The zero-order chi connectivity index (χ0) is 13.0. The normalized spacial score (nSPS) is 14.0. The number of nitro benzene ring substituents is 1. The molecule has 6 heteroatoms. The third kappa shape index (κ3) is 3.53. The molecule has 0 bridgehead atoms. The van der Waals surface area contributed by atoms with Crippen LogP contribution < -0.4 is 0 Å². The predicted molar refractivity (Wildman–Crippen MR) is 59.5 cm³/mol. The fourth-order valence-corrected chi connectivity index (χ4v) is 1.54. The lowest BCUT2D eigenvalue weighted by Crippen LogP contribution is -2.13. The fourth-order valence-electron chi connectivity index (χ4n) is 1.54. The second-order valence-corrected chi connectivity index (χ2v) is 3.87. The number of carbonyl (C=O) groups is 1. The van der Waals surface area contributed by atoms with Crippen molar-refractivity contribution in [3.05, 3.63) is 39.9 Å². The molecular weight excluding hydrogens is 226 g/mol. The number of rotatable bonds is 5. The number of nitrogens with zero attached hydrogens (tertiary/aromatic N) is 1. The zero-order valence-corrected chi connectivity index (χ0v) is 9.24. The van der Waals surface area contributed by atoms with Crippen LogP contribution in [-0.2, 0) is 4.79 Å². The summed E-state index contributed by atoms with van der Waals surface area (Å²) in [5.74, 6) is -1.52. The number of nitro groups is 1. The summed E-state index contributed by atoms with van der Waals surface area (Å²) in [6, 6.07) is 5.57. The van der Waals surface area contributed by atoms with Crippen LogP contribution in [0.3, 0.4) is 0 Å². The monoisotopic (exact) mass is 239 g/mol. The van der Waals surface area contributed by atoms with Gasteiger partial charge >= 0.3 is 5.97 Å². The summed E-state index contributed by atoms with van der Waals surface area (Å²) in [6.07, 6.45) is -1.21. The van der Waals surface area contributed by atoms with Gasteiger partial charge < -0.3 is 10.2 Å². The minimum Gasteiger partial charge on any atom is -0.481 e. The van der Waals surface area contributed by atoms with Crippen molar-refractivity contribution in [3.63, 3.8) is 0 Å². The molecular formula is C11H13NO5. The molecule has 2 unspecified atom stereocenters. The number of aliphatic carboxylic acids is 1. The van der Waals surface area contributed by atoms with Gasteiger partial charge in [-0.2, -0.15) is 0 Å². The van der Waals surface area contributed by atoms with Crippen molar-refractivity contribution in [1.82, 2.24) is 0 Å². The van der Waals surface area contributed by atoms with Crippen molar-refractivity contribution in [3.8, 4) is 0 Å². The van der Waals surface area contributed by atoms with Gasteiger partial charge in [-0.05, 0) is 11.5 Å². The van der Waals surface area contributed by atoms with E-state index in [-0.39, 0.29) is 12.1 Å². The molecule has 0 amide bonds. The summed E-state index contributed by atoms with van der Waals surface area (Å²) in [7, 11) is 0. The number of aliphatic hydroxyl groups is 1. The molecule has 0 fully saturated rings. The summed E-state index contributed by atoms with van der Waals surface area (Å²) in [5, 5.41) is 29.0. The van der Waals surface area contributed by atoms with E-state index in [1.165, 1.54) is 24.3 Å². The largest absolute Gasteiger partial charge is 0.481 e. The van der Waals surface area contributed by atoms with Crippen molar-refractivity contribution in [2.45, 2.75) is 19.4 Å². The molecule has 1 rings (SSSR count). The van der Waals surface area contributed by atoms with Gasteiger partial charge in [-0.3, -0.25) is 14.9 Å². The summed E-state index contributed by atoms with van der Waals surface area (Å²) < 4.78 is 0. The fraction of sp³-hybridized carbons (Fsp3) is 0.364. The van der Waals surface area contributed by atoms with Crippen LogP contribution in [0.15, 0.2) is 24.3 Å². The average Bonchev–Trinajstić information content (AvgIpc) is 2.27. The maximum atomic E-state index is 10.6. The predicted octanol–water partition coefficient (Wildman–Crippen LogP) is 1.74. The van der Waals surface area contributed by atoms with Gasteiger partial charge in [0.2, 0.25) is 0 Å². The topological polar surface area (TPSA) is 101 Å². The molecule has 0 aromatic heterocycles. The van der Waals surface area contributed by atoms with Crippen LogP contribution >= 0.6 is 0 Å². The van der Waals surface area contributed by atoms with Crippen LogP contribution in [0.4, 0.5) is 5.69 Å². The number of aliphatic hydroxyl groups excluding tert-OH is 1. The number of hydrogen-bond acceptors (Lipinski definition) is 4. The highest BCUT2D eigenvalue weighted by atomic mass is 16.6. The molecule has 0 aliphatic rings. The first kappa shape index (κ1) is 13.1. The molecule has 2 N–H and O–H groups in total. The maximum absolute atomic E-state index is 10.6. The third-order valence-electron chi connectivity index (χ3n) is 2.46. The Morgan fingerprint density at radius 1 is 1.53 bits per heavy atom. The molecule has 0 spiro atoms. The van der Waals surface area contributed by atoms with E-state index in [0.29, 0.717) is 5.56 Å². The van der Waals surface area contributed by atoms with Crippen molar-refractivity contribution in [1.29, 1.82) is 0 Å². The van der Waals surface area contributed by atoms with E-state index in [9.17, 15) is 20.0 Å². The lowest BCUT2D eigenvalue weighted by Gasteiger charge is -2.17. The third-order valence-corrected chi connectivity index (χ3v) is 2.46. The van der Waals surface area contributed by atoms with Gasteiger partial charge in [-0.15, -0.1) is 0 Å². The summed E-state index contributed by atoms with van der Waals surface area (Å²) in [6.45, 7) is 1.58. The lowest BCUT2D eigenvalue weighted by atomic mass is 9.94. The highest BCUT2D eigenvalue weighted by molar-refractivity contribution is 5.67. The molecule has 0 saturated heterocycles. The van der Waals surface area contributed by atoms with E-state index in [4.69, 9.17) is 5.11 Å². The Labute approximate surface area is 97.7 Å². The van der Waals surface area contributed by atoms with Gasteiger partial charge in [-0.25, -0.2) is 0 Å². The number of hydrogen-bond donors (Lipinski definition) is 2. The van der Waals surface area contributed by atoms with Gasteiger partial charge in [0.25, 0.3) is 5.69 Å². The highest BCUT2D eigenvalue weighted by Gasteiger charge is 2.20. The number of carboxylic acids is 1. The zero-order valence-electron chi connectivity index (χ0n) is 9.24. The molecule has 17 heavy (non-hydrogen) atoms. The Bertz CT molecular complexity index is 432. The number of carboxylic acid groups (broad SMARTS) is 1. The molecule has 0 saturated carbocycles. The van der Waals surface area contributed by atoms with Crippen LogP contribution in [-0.4, -0.2) is 21.1 Å². The highest BCUT2D eigenvalue weighted by Crippen LogP contribution is 2.26. The van der Waals surface area contributed by atoms with E-state index in [0.717, 1.165) is 0 Å². The van der Waals surface area contributed by atoms with Gasteiger partial charge in [0.05, 0.1) is 17.4 Å². The Morgan fingerprint density at radius 2 is 2.18 bits per heavy atom. The molecule has 2 atom stereocenters. The maximum Gasteiger partial charge on any atom is 0.303 e. The molecule has 1 aromatic rings. The average molecular weight is 239 g/mol. The lowest BCUT2D eigenvalue weighted by molar-refractivity contribution is -0.385. The quantitative estimate of drug-likeness (QED) is 0.602. The first-order valence-electron chi connectivity index (χ1n) is 5.06. The van der Waals surface area contributed by atoms with Crippen LogP contribution in [0, 0.1) is 16.0 Å². The van der Waals surface area contributed by atoms with Crippen molar-refractivity contribution < 1.29 is 19.9 Å². The van der Waals surface area contributed by atoms with Crippen LogP contribution in [0.25, 0.3) is 0 Å². The molecule has 6 nitrogen and oxygen atoms in total. The minimum atomic E-state index is -1.02. The molecule has 0 radical (unpaired) electrons. The smallest absolute Gasteiger partial charge is 0.303 e. The number of benzene rings is 1. The van der Waals surface area contributed by atoms with Crippen molar-refractivity contribution in [2.75, 3.05) is 0 Å². The first-order chi connectivity index (χ1) is 7.91. The van der Waals surface area contributed by atoms with E-state index in [1.54, 1.807) is 6.92 Å². The second kappa shape index (κ2) is 5.40. The summed E-state index contributed by atoms with van der Waals surface area (Å²) >= 11 is 0. The Hall–Kier alpha value is -1.95. The van der Waals surface area contributed by atoms with Gasteiger partial charge in [0, 0.05) is 12.1 Å². The summed E-state index contributed by atoms with van der Waals surface area (Å²) in [4.78, 5) is 20.5. The second-order valence-electron chi connectivity index (χ2n) is 3.87. The molecule has 0 aliphatic heterocycles. The van der Waals surface area contributed by atoms with Crippen LogP contribution in [0.1, 0.15) is 25.0 Å². The van der Waals surface area contributed by atoms with Crippen molar-refractivity contribution >= 4 is 11.7 Å². The molecule has 0 heterocycles. The Morgan fingerprint density at radius 3 is 2.71 bits per heavy atom. The van der Waals surface area contributed by atoms with Crippen molar-refractivity contribution in [2.24, 2.45) is 5.92 Å². The van der Waals surface area contributed by atoms with E-state index in [1.807, 2.05) is 0 Å². The molecule has 0 aliphatic carbocycles. The van der Waals surface area contributed by atoms with E-state index >= 15 is 0 Å². The Balaban J connectivity index is 2.88. The van der Waals surface area contributed by atoms with E-state index in [2.05, 4.69) is 0 Å². The van der Waals surface area contributed by atoms with Crippen LogP contribution in [0.5, 0.6) is 0 Å². The Kier molecular flexibility index (Phi) is 4.17. The summed E-state index contributed by atoms with van der Waals surface area (Å²) in [5.41, 5.74) is 0.233. The standard InChI is InChI=1S/C11H13NO5/c1-7(5-10(13)14)11(15)8-3-2-4-9(6-8)12(16)17/h2-4,6-7,11,15H,5H2,1H3,(H,13,14). The first-order valence-corrected chi connectivity index (χ1v) is 5.06. The SMILES string of the molecule is CC(CC(=O)O)C(O)c1cccc([N+](=O)[O-])c1. The number of non-ortho nitro benzene ring substituents is 1. The minimum absolute atomic E-state index is 0.121. The van der Waals surface area contributed by atoms with Crippen LogP contribution in [0.2, 0.25) is 0 Å². The molecule has 1 aromatic carbocycles. The van der Waals surface area contributed by atoms with Gasteiger partial charge in [-0.1, -0.05) is 19.1 Å². The molecule has 92 valence electrons. The van der Waals surface area contributed by atoms with E-state index < -0.39 is 22.9 Å². The van der Waals surface area contributed by atoms with Gasteiger partial charge in [0.15, 0.2) is 0 Å².